The van der Waals surface area contributed by atoms with Crippen LogP contribution in [0, 0.1) is 10.1 Å². The zero-order valence-electron chi connectivity index (χ0n) is 13.5. The monoisotopic (exact) mass is 335 g/mol. The minimum Gasteiger partial charge on any atom is -0.356 e. The number of nitro benzene ring substituents is 1. The summed E-state index contributed by atoms with van der Waals surface area (Å²) >= 11 is 0. The Morgan fingerprint density at radius 2 is 1.92 bits per heavy atom. The molecule has 2 aromatic carbocycles. The molecule has 4 rings (SSSR count). The summed E-state index contributed by atoms with van der Waals surface area (Å²) in [5.74, 6) is 0.0568. The second-order valence-corrected chi connectivity index (χ2v) is 6.27. The fourth-order valence-electron chi connectivity index (χ4n) is 3.49. The number of fused-ring (bicyclic) bond motifs is 3. The number of non-ortho nitro benzene ring substituents is 1. The highest BCUT2D eigenvalue weighted by Gasteiger charge is 2.29. The Morgan fingerprint density at radius 1 is 1.16 bits per heavy atom. The number of rotatable bonds is 4. The summed E-state index contributed by atoms with van der Waals surface area (Å²) in [5.41, 5.74) is 4.01. The molecule has 6 nitrogen and oxygen atoms in total. The summed E-state index contributed by atoms with van der Waals surface area (Å²) < 4.78 is 0. The number of nitrogens with zero attached hydrogens (tertiary/aromatic N) is 1. The Morgan fingerprint density at radius 3 is 2.68 bits per heavy atom. The van der Waals surface area contributed by atoms with E-state index in [1.807, 2.05) is 18.2 Å². The Kier molecular flexibility index (Phi) is 3.82. The molecule has 6 heteroatoms. The highest BCUT2D eigenvalue weighted by atomic mass is 16.6. The van der Waals surface area contributed by atoms with Gasteiger partial charge in [-0.25, -0.2) is 0 Å². The van der Waals surface area contributed by atoms with Gasteiger partial charge in [0.05, 0.1) is 4.92 Å². The van der Waals surface area contributed by atoms with E-state index < -0.39 is 4.92 Å². The SMILES string of the molecule is O=C(Cc1ccc([N+](=O)[O-])cc1)C1NCCc2c1[nH]c1ccccc21. The zero-order valence-corrected chi connectivity index (χ0v) is 13.5. The average Bonchev–Trinajstić information content (AvgIpc) is 3.00. The van der Waals surface area contributed by atoms with Gasteiger partial charge in [-0.2, -0.15) is 0 Å². The van der Waals surface area contributed by atoms with Crippen LogP contribution in [0.15, 0.2) is 48.5 Å². The number of para-hydroxylation sites is 1. The van der Waals surface area contributed by atoms with Gasteiger partial charge < -0.3 is 10.3 Å². The first-order valence-corrected chi connectivity index (χ1v) is 8.22. The van der Waals surface area contributed by atoms with Gasteiger partial charge in [-0.05, 0) is 23.6 Å². The number of benzene rings is 2. The summed E-state index contributed by atoms with van der Waals surface area (Å²) in [6.07, 6.45) is 1.13. The Labute approximate surface area is 144 Å². The molecule has 0 radical (unpaired) electrons. The maximum atomic E-state index is 12.8. The van der Waals surface area contributed by atoms with E-state index in [4.69, 9.17) is 0 Å². The normalized spacial score (nSPS) is 16.6. The maximum Gasteiger partial charge on any atom is 0.269 e. The van der Waals surface area contributed by atoms with Crippen molar-refractivity contribution in [3.8, 4) is 0 Å². The molecular weight excluding hydrogens is 318 g/mol. The molecule has 2 N–H and O–H groups in total. The summed E-state index contributed by atoms with van der Waals surface area (Å²) in [5, 5.41) is 15.2. The third-order valence-electron chi connectivity index (χ3n) is 4.71. The molecule has 1 aliphatic rings. The predicted molar refractivity (Wildman–Crippen MR) is 94.6 cm³/mol. The number of nitro groups is 1. The van der Waals surface area contributed by atoms with Gasteiger partial charge in [-0.3, -0.25) is 14.9 Å². The molecular formula is C19H17N3O3. The molecule has 0 bridgehead atoms. The lowest BCUT2D eigenvalue weighted by molar-refractivity contribution is -0.384. The number of hydrogen-bond donors (Lipinski definition) is 2. The van der Waals surface area contributed by atoms with Gasteiger partial charge in [-0.1, -0.05) is 30.3 Å². The molecule has 0 aliphatic carbocycles. The van der Waals surface area contributed by atoms with Gasteiger partial charge in [0.1, 0.15) is 6.04 Å². The minimum absolute atomic E-state index is 0.0323. The van der Waals surface area contributed by atoms with E-state index in [0.29, 0.717) is 0 Å². The van der Waals surface area contributed by atoms with Crippen LogP contribution in [0.5, 0.6) is 0 Å². The third kappa shape index (κ3) is 2.81. The molecule has 1 atom stereocenters. The third-order valence-corrected chi connectivity index (χ3v) is 4.71. The van der Waals surface area contributed by atoms with Crippen molar-refractivity contribution in [1.82, 2.24) is 10.3 Å². The lowest BCUT2D eigenvalue weighted by atomic mass is 9.94. The highest BCUT2D eigenvalue weighted by molar-refractivity contribution is 5.92. The van der Waals surface area contributed by atoms with Crippen LogP contribution in [0.2, 0.25) is 0 Å². The van der Waals surface area contributed by atoms with E-state index >= 15 is 0 Å². The Balaban J connectivity index is 1.60. The van der Waals surface area contributed by atoms with Crippen LogP contribution in [0.1, 0.15) is 22.9 Å². The molecule has 25 heavy (non-hydrogen) atoms. The van der Waals surface area contributed by atoms with Crippen LogP contribution in [0.3, 0.4) is 0 Å². The highest BCUT2D eigenvalue weighted by Crippen LogP contribution is 2.31. The van der Waals surface area contributed by atoms with E-state index in [1.54, 1.807) is 12.1 Å². The number of nitrogens with one attached hydrogen (secondary N) is 2. The lowest BCUT2D eigenvalue weighted by Crippen LogP contribution is -2.35. The van der Waals surface area contributed by atoms with E-state index in [-0.39, 0.29) is 23.9 Å². The summed E-state index contributed by atoms with van der Waals surface area (Å²) in [6.45, 7) is 0.755. The van der Waals surface area contributed by atoms with Crippen LogP contribution in [-0.2, 0) is 17.6 Å². The molecule has 2 heterocycles. The second-order valence-electron chi connectivity index (χ2n) is 6.27. The van der Waals surface area contributed by atoms with Gasteiger partial charge in [-0.15, -0.1) is 0 Å². The van der Waals surface area contributed by atoms with Gasteiger partial charge in [0, 0.05) is 41.7 Å². The molecule has 0 fully saturated rings. The molecule has 0 spiro atoms. The van der Waals surface area contributed by atoms with Crippen LogP contribution in [-0.4, -0.2) is 22.2 Å². The van der Waals surface area contributed by atoms with Crippen molar-refractivity contribution in [3.05, 3.63) is 75.5 Å². The predicted octanol–water partition coefficient (Wildman–Crippen LogP) is 3.07. The smallest absolute Gasteiger partial charge is 0.269 e. The Bertz CT molecular complexity index is 960. The van der Waals surface area contributed by atoms with Gasteiger partial charge in [0.2, 0.25) is 0 Å². The van der Waals surface area contributed by atoms with Crippen LogP contribution in [0.4, 0.5) is 5.69 Å². The number of ketones is 1. The molecule has 1 unspecified atom stereocenters. The van der Waals surface area contributed by atoms with Crippen molar-refractivity contribution >= 4 is 22.4 Å². The number of hydrogen-bond acceptors (Lipinski definition) is 4. The standard InChI is InChI=1S/C19H17N3O3/c23-17(11-12-5-7-13(8-6-12)22(24)25)19-18-15(9-10-20-19)14-3-1-2-4-16(14)21-18/h1-8,19-21H,9-11H2. The van der Waals surface area contributed by atoms with Crippen molar-refractivity contribution in [3.63, 3.8) is 0 Å². The first-order chi connectivity index (χ1) is 12.1. The molecule has 0 saturated carbocycles. The maximum absolute atomic E-state index is 12.8. The molecule has 1 aromatic heterocycles. The van der Waals surface area contributed by atoms with Crippen molar-refractivity contribution in [2.75, 3.05) is 6.54 Å². The second kappa shape index (κ2) is 6.14. The average molecular weight is 335 g/mol. The number of H-pyrrole nitrogens is 1. The van der Waals surface area contributed by atoms with Crippen LogP contribution >= 0.6 is 0 Å². The first-order valence-electron chi connectivity index (χ1n) is 8.22. The molecule has 126 valence electrons. The zero-order chi connectivity index (χ0) is 17.4. The lowest BCUT2D eigenvalue weighted by Gasteiger charge is -2.23. The van der Waals surface area contributed by atoms with E-state index in [9.17, 15) is 14.9 Å². The van der Waals surface area contributed by atoms with E-state index in [0.717, 1.165) is 29.7 Å². The van der Waals surface area contributed by atoms with Gasteiger partial charge in [0.25, 0.3) is 5.69 Å². The van der Waals surface area contributed by atoms with Crippen LogP contribution in [0.25, 0.3) is 10.9 Å². The number of carbonyl (C=O) groups excluding carboxylic acids is 1. The fraction of sp³-hybridized carbons (Fsp3) is 0.211. The minimum atomic E-state index is -0.439. The van der Waals surface area contributed by atoms with Crippen molar-refractivity contribution < 1.29 is 9.72 Å². The first kappa shape index (κ1) is 15.5. The van der Waals surface area contributed by atoms with E-state index in [2.05, 4.69) is 16.4 Å². The van der Waals surface area contributed by atoms with Gasteiger partial charge >= 0.3 is 0 Å². The van der Waals surface area contributed by atoms with Crippen molar-refractivity contribution in [2.24, 2.45) is 0 Å². The number of Topliss-reactive ketones (excluding diaryl/α,β-unsaturated/α-hetero) is 1. The summed E-state index contributed by atoms with van der Waals surface area (Å²) in [4.78, 5) is 26.5. The van der Waals surface area contributed by atoms with Gasteiger partial charge in [0.15, 0.2) is 5.78 Å². The van der Waals surface area contributed by atoms with Crippen LogP contribution < -0.4 is 5.32 Å². The van der Waals surface area contributed by atoms with Crippen molar-refractivity contribution in [2.45, 2.75) is 18.9 Å². The Hall–Kier alpha value is -2.99. The fourth-order valence-corrected chi connectivity index (χ4v) is 3.49. The number of aromatic amines is 1. The number of aromatic nitrogens is 1. The molecule has 1 aliphatic heterocycles. The van der Waals surface area contributed by atoms with E-state index in [1.165, 1.54) is 23.1 Å². The molecule has 3 aromatic rings. The molecule has 0 amide bonds. The topological polar surface area (TPSA) is 88.0 Å². The van der Waals surface area contributed by atoms with Crippen molar-refractivity contribution in [1.29, 1.82) is 0 Å². The molecule has 0 saturated heterocycles. The summed E-state index contributed by atoms with van der Waals surface area (Å²) in [7, 11) is 0. The largest absolute Gasteiger partial charge is 0.356 e. The summed E-state index contributed by atoms with van der Waals surface area (Å²) in [6, 6.07) is 13.9. The quantitative estimate of drug-likeness (QED) is 0.566. The number of carbonyl (C=O) groups is 1.